The first kappa shape index (κ1) is 23.6. The molecular weight excluding hydrogens is 446 g/mol. The summed E-state index contributed by atoms with van der Waals surface area (Å²) in [5.74, 6) is -2.13. The molecule has 0 aliphatic carbocycles. The number of halogens is 2. The zero-order chi connectivity index (χ0) is 24.2. The number of ketones is 1. The van der Waals surface area contributed by atoms with Crippen molar-refractivity contribution in [2.24, 2.45) is 5.92 Å². The van der Waals surface area contributed by atoms with Crippen LogP contribution in [-0.2, 0) is 11.3 Å². The van der Waals surface area contributed by atoms with Gasteiger partial charge in [0.2, 0.25) is 0 Å². The average Bonchev–Trinajstić information content (AvgIpc) is 2.80. The highest BCUT2D eigenvalue weighted by molar-refractivity contribution is 5.98. The number of nitrogens with zero attached hydrogens (tertiary/aromatic N) is 1. The summed E-state index contributed by atoms with van der Waals surface area (Å²) in [6.45, 7) is 3.53. The van der Waals surface area contributed by atoms with Gasteiger partial charge in [0.25, 0.3) is 0 Å². The van der Waals surface area contributed by atoms with E-state index in [9.17, 15) is 23.2 Å². The molecule has 4 rings (SSSR count). The maximum Gasteiger partial charge on any atom is 0.411 e. The topological polar surface area (TPSA) is 88.9 Å². The molecule has 0 bridgehead atoms. The molecule has 1 aromatic heterocycles. The summed E-state index contributed by atoms with van der Waals surface area (Å²) in [6.07, 6.45) is 0.402. The predicted molar refractivity (Wildman–Crippen MR) is 122 cm³/mol. The number of benzene rings is 2. The fourth-order valence-corrected chi connectivity index (χ4v) is 4.22. The number of nitrogens with one attached hydrogen (secondary N) is 1. The van der Waals surface area contributed by atoms with Crippen molar-refractivity contribution < 1.29 is 27.5 Å². The van der Waals surface area contributed by atoms with Gasteiger partial charge in [0.05, 0.1) is 12.2 Å². The number of hydrogen-bond acceptors (Lipinski definition) is 6. The molecule has 2 aromatic carbocycles. The van der Waals surface area contributed by atoms with Crippen molar-refractivity contribution >= 4 is 28.5 Å². The standard InChI is InChI=1S/C25H24F2N2O5/c1-2-33-25(32)28-18-4-5-19-16(11-23(30)34-22(19)13-18)14-29-9-7-15(8-10-29)24(31)20-12-17(26)3-6-21(20)27/h3-6,11-13,15H,2,7-10,14H2,1H3,(H,28,32). The molecule has 0 atom stereocenters. The number of piperidine rings is 1. The van der Waals surface area contributed by atoms with Crippen molar-refractivity contribution in [3.63, 3.8) is 0 Å². The van der Waals surface area contributed by atoms with E-state index in [1.807, 2.05) is 0 Å². The summed E-state index contributed by atoms with van der Waals surface area (Å²) in [5, 5.41) is 3.31. The van der Waals surface area contributed by atoms with Gasteiger partial charge >= 0.3 is 11.7 Å². The molecule has 2 heterocycles. The van der Waals surface area contributed by atoms with Gasteiger partial charge < -0.3 is 9.15 Å². The summed E-state index contributed by atoms with van der Waals surface area (Å²) in [6, 6.07) is 9.36. The molecule has 178 valence electrons. The van der Waals surface area contributed by atoms with Crippen LogP contribution in [-0.4, -0.2) is 36.5 Å². The first-order valence-electron chi connectivity index (χ1n) is 11.1. The lowest BCUT2D eigenvalue weighted by molar-refractivity contribution is 0.0830. The number of rotatable bonds is 6. The number of amides is 1. The predicted octanol–water partition coefficient (Wildman–Crippen LogP) is 4.73. The second-order valence-electron chi connectivity index (χ2n) is 8.19. The molecule has 3 aromatic rings. The molecule has 0 radical (unpaired) electrons. The number of likely N-dealkylation sites (tertiary alicyclic amines) is 1. The van der Waals surface area contributed by atoms with E-state index in [4.69, 9.17) is 9.15 Å². The van der Waals surface area contributed by atoms with Crippen molar-refractivity contribution in [2.75, 3.05) is 25.0 Å². The molecule has 0 saturated carbocycles. The van der Waals surface area contributed by atoms with Gasteiger partial charge in [0.15, 0.2) is 5.78 Å². The fourth-order valence-electron chi connectivity index (χ4n) is 4.22. The zero-order valence-electron chi connectivity index (χ0n) is 18.6. The molecule has 1 aliphatic rings. The summed E-state index contributed by atoms with van der Waals surface area (Å²) in [7, 11) is 0. The minimum Gasteiger partial charge on any atom is -0.450 e. The molecule has 1 amide bonds. The van der Waals surface area contributed by atoms with Crippen LogP contribution in [0.2, 0.25) is 0 Å². The number of fused-ring (bicyclic) bond motifs is 1. The van der Waals surface area contributed by atoms with E-state index in [1.165, 1.54) is 6.07 Å². The van der Waals surface area contributed by atoms with Crippen LogP contribution in [0, 0.1) is 17.6 Å². The molecule has 0 unspecified atom stereocenters. The molecular formula is C25H24F2N2O5. The second kappa shape index (κ2) is 10.1. The quantitative estimate of drug-likeness (QED) is 0.414. The Kier molecular flexibility index (Phi) is 7.02. The molecule has 9 heteroatoms. The summed E-state index contributed by atoms with van der Waals surface area (Å²) >= 11 is 0. The lowest BCUT2D eigenvalue weighted by atomic mass is 9.88. The Morgan fingerprint density at radius 3 is 2.62 bits per heavy atom. The molecule has 0 spiro atoms. The SMILES string of the molecule is CCOC(=O)Nc1ccc2c(CN3CCC(C(=O)c4cc(F)ccc4F)CC3)cc(=O)oc2c1. The Hall–Kier alpha value is -3.59. The van der Waals surface area contributed by atoms with Gasteiger partial charge in [-0.2, -0.15) is 0 Å². The molecule has 1 fully saturated rings. The maximum absolute atomic E-state index is 14.0. The van der Waals surface area contributed by atoms with E-state index in [0.29, 0.717) is 43.7 Å². The number of carbonyl (C=O) groups is 2. The molecule has 34 heavy (non-hydrogen) atoms. The minimum absolute atomic E-state index is 0.211. The Bertz CT molecular complexity index is 1280. The van der Waals surface area contributed by atoms with Gasteiger partial charge in [-0.25, -0.2) is 18.4 Å². The van der Waals surface area contributed by atoms with Crippen LogP contribution in [0.4, 0.5) is 19.3 Å². The Labute approximate surface area is 194 Å². The van der Waals surface area contributed by atoms with Crippen molar-refractivity contribution in [1.29, 1.82) is 0 Å². The number of hydrogen-bond donors (Lipinski definition) is 1. The zero-order valence-corrected chi connectivity index (χ0v) is 18.6. The van der Waals surface area contributed by atoms with Gasteiger partial charge in [0.1, 0.15) is 17.2 Å². The highest BCUT2D eigenvalue weighted by atomic mass is 19.1. The van der Waals surface area contributed by atoms with E-state index in [-0.39, 0.29) is 23.9 Å². The van der Waals surface area contributed by atoms with E-state index in [1.54, 1.807) is 25.1 Å². The largest absolute Gasteiger partial charge is 0.450 e. The maximum atomic E-state index is 14.0. The second-order valence-corrected chi connectivity index (χ2v) is 8.19. The third kappa shape index (κ3) is 5.31. The molecule has 1 saturated heterocycles. The monoisotopic (exact) mass is 470 g/mol. The van der Waals surface area contributed by atoms with E-state index < -0.39 is 23.4 Å². The fraction of sp³-hybridized carbons (Fsp3) is 0.320. The molecule has 7 nitrogen and oxygen atoms in total. The smallest absolute Gasteiger partial charge is 0.411 e. The Balaban J connectivity index is 1.45. The highest BCUT2D eigenvalue weighted by Gasteiger charge is 2.28. The third-order valence-corrected chi connectivity index (χ3v) is 5.90. The van der Waals surface area contributed by atoms with Crippen molar-refractivity contribution in [2.45, 2.75) is 26.3 Å². The average molecular weight is 470 g/mol. The summed E-state index contributed by atoms with van der Waals surface area (Å²) in [4.78, 5) is 38.6. The van der Waals surface area contributed by atoms with Gasteiger partial charge in [-0.1, -0.05) is 0 Å². The van der Waals surface area contributed by atoms with Crippen LogP contribution in [0.3, 0.4) is 0 Å². The third-order valence-electron chi connectivity index (χ3n) is 5.90. The number of Topliss-reactive ketones (excluding diaryl/α,β-unsaturated/α-hetero) is 1. The van der Waals surface area contributed by atoms with E-state index in [0.717, 1.165) is 29.1 Å². The van der Waals surface area contributed by atoms with Crippen LogP contribution >= 0.6 is 0 Å². The van der Waals surface area contributed by atoms with Crippen molar-refractivity contribution in [1.82, 2.24) is 4.90 Å². The minimum atomic E-state index is -0.715. The number of anilines is 1. The van der Waals surface area contributed by atoms with Crippen LogP contribution < -0.4 is 10.9 Å². The van der Waals surface area contributed by atoms with Crippen molar-refractivity contribution in [3.8, 4) is 0 Å². The van der Waals surface area contributed by atoms with Crippen LogP contribution in [0.25, 0.3) is 11.0 Å². The number of carbonyl (C=O) groups excluding carboxylic acids is 2. The van der Waals surface area contributed by atoms with Gasteiger partial charge in [-0.05, 0) is 68.8 Å². The van der Waals surface area contributed by atoms with Crippen molar-refractivity contribution in [3.05, 3.63) is 75.6 Å². The lowest BCUT2D eigenvalue weighted by Crippen LogP contribution is -2.36. The Morgan fingerprint density at radius 2 is 1.88 bits per heavy atom. The van der Waals surface area contributed by atoms with Crippen LogP contribution in [0.15, 0.2) is 51.7 Å². The van der Waals surface area contributed by atoms with E-state index in [2.05, 4.69) is 10.2 Å². The first-order chi connectivity index (χ1) is 16.3. The summed E-state index contributed by atoms with van der Waals surface area (Å²) in [5.41, 5.74) is 0.813. The molecule has 1 N–H and O–H groups in total. The van der Waals surface area contributed by atoms with Gasteiger partial charge in [0, 0.05) is 35.7 Å². The van der Waals surface area contributed by atoms with Crippen LogP contribution in [0.5, 0.6) is 0 Å². The first-order valence-corrected chi connectivity index (χ1v) is 11.1. The number of ether oxygens (including phenoxy) is 1. The summed E-state index contributed by atoms with van der Waals surface area (Å²) < 4.78 is 37.6. The molecule has 1 aliphatic heterocycles. The normalized spacial score (nSPS) is 14.8. The van der Waals surface area contributed by atoms with Gasteiger partial charge in [-0.15, -0.1) is 0 Å². The van der Waals surface area contributed by atoms with E-state index >= 15 is 0 Å². The lowest BCUT2D eigenvalue weighted by Gasteiger charge is -2.31. The Morgan fingerprint density at radius 1 is 1.12 bits per heavy atom. The van der Waals surface area contributed by atoms with Gasteiger partial charge in [-0.3, -0.25) is 15.0 Å². The highest BCUT2D eigenvalue weighted by Crippen LogP contribution is 2.27. The van der Waals surface area contributed by atoms with Crippen LogP contribution in [0.1, 0.15) is 35.7 Å².